The Balaban J connectivity index is 1.34. The second-order valence-corrected chi connectivity index (χ2v) is 9.31. The van der Waals surface area contributed by atoms with E-state index in [0.717, 1.165) is 37.4 Å². The Kier molecular flexibility index (Phi) is 8.30. The van der Waals surface area contributed by atoms with E-state index in [0.29, 0.717) is 32.9 Å². The fraction of sp³-hybridized carbons (Fsp3) is 0.269. The normalized spacial score (nSPS) is 14.2. The number of ether oxygens (including phenoxy) is 1. The lowest BCUT2D eigenvalue weighted by Gasteiger charge is -2.30. The number of hydrogen-bond donors (Lipinski definition) is 3. The van der Waals surface area contributed by atoms with Crippen LogP contribution in [0.2, 0.25) is 10.0 Å². The first kappa shape index (κ1) is 25.8. The summed E-state index contributed by atoms with van der Waals surface area (Å²) in [7, 11) is 0. The number of piperazine rings is 1. The fourth-order valence-corrected chi connectivity index (χ4v) is 4.09. The van der Waals surface area contributed by atoms with E-state index in [2.05, 4.69) is 20.9 Å². The standard InChI is InChI=1S/C26H27Cl2N5O3/c1-16-13-19(31-17(2)26(35)33-11-9-29-10-12-33)4-7-23(16)36-24-8-5-20(15-30-24)32-25(34)18-3-6-21(27)22(28)14-18/h3-8,13-15,17,29,31H,9-12H2,1-2H3,(H,32,34). The molecular weight excluding hydrogens is 501 g/mol. The Hall–Kier alpha value is -3.33. The summed E-state index contributed by atoms with van der Waals surface area (Å²) in [4.78, 5) is 31.3. The van der Waals surface area contributed by atoms with E-state index in [-0.39, 0.29) is 17.9 Å². The maximum atomic E-state index is 12.7. The summed E-state index contributed by atoms with van der Waals surface area (Å²) in [5, 5.41) is 9.99. The van der Waals surface area contributed by atoms with Crippen LogP contribution in [0.3, 0.4) is 0 Å². The number of carbonyl (C=O) groups excluding carboxylic acids is 2. The van der Waals surface area contributed by atoms with Crippen molar-refractivity contribution in [3.05, 3.63) is 75.9 Å². The Morgan fingerprint density at radius 2 is 1.78 bits per heavy atom. The van der Waals surface area contributed by atoms with Crippen molar-refractivity contribution in [2.24, 2.45) is 0 Å². The Labute approximate surface area is 219 Å². The van der Waals surface area contributed by atoms with E-state index < -0.39 is 0 Å². The highest BCUT2D eigenvalue weighted by Gasteiger charge is 2.22. The molecule has 0 radical (unpaired) electrons. The van der Waals surface area contributed by atoms with E-state index in [1.165, 1.54) is 12.3 Å². The average molecular weight is 528 g/mol. The average Bonchev–Trinajstić information content (AvgIpc) is 2.88. The minimum absolute atomic E-state index is 0.0880. The summed E-state index contributed by atoms with van der Waals surface area (Å²) >= 11 is 11.9. The van der Waals surface area contributed by atoms with Gasteiger partial charge in [0.2, 0.25) is 11.8 Å². The van der Waals surface area contributed by atoms with Crippen molar-refractivity contribution in [2.45, 2.75) is 19.9 Å². The van der Waals surface area contributed by atoms with Crippen LogP contribution in [0.15, 0.2) is 54.7 Å². The molecule has 10 heteroatoms. The zero-order valence-corrected chi connectivity index (χ0v) is 21.5. The lowest BCUT2D eigenvalue weighted by molar-refractivity contribution is -0.132. The van der Waals surface area contributed by atoms with Crippen LogP contribution in [0.1, 0.15) is 22.8 Å². The molecule has 1 aromatic heterocycles. The molecule has 1 saturated heterocycles. The van der Waals surface area contributed by atoms with Gasteiger partial charge in [-0.3, -0.25) is 9.59 Å². The van der Waals surface area contributed by atoms with Crippen molar-refractivity contribution in [1.82, 2.24) is 15.2 Å². The molecule has 1 fully saturated rings. The van der Waals surface area contributed by atoms with Crippen LogP contribution in [0.4, 0.5) is 11.4 Å². The highest BCUT2D eigenvalue weighted by Crippen LogP contribution is 2.28. The van der Waals surface area contributed by atoms with Gasteiger partial charge in [0.25, 0.3) is 5.91 Å². The van der Waals surface area contributed by atoms with E-state index >= 15 is 0 Å². The largest absolute Gasteiger partial charge is 0.439 e. The van der Waals surface area contributed by atoms with Gasteiger partial charge >= 0.3 is 0 Å². The number of aryl methyl sites for hydroxylation is 1. The molecule has 3 N–H and O–H groups in total. The Bertz CT molecular complexity index is 1250. The van der Waals surface area contributed by atoms with Crippen LogP contribution >= 0.6 is 23.2 Å². The lowest BCUT2D eigenvalue weighted by atomic mass is 10.1. The number of nitrogens with one attached hydrogen (secondary N) is 3. The minimum atomic E-state index is -0.331. The molecule has 0 bridgehead atoms. The second-order valence-electron chi connectivity index (χ2n) is 8.49. The fourth-order valence-electron chi connectivity index (χ4n) is 3.79. The third-order valence-electron chi connectivity index (χ3n) is 5.75. The Morgan fingerprint density at radius 1 is 1.03 bits per heavy atom. The van der Waals surface area contributed by atoms with Crippen molar-refractivity contribution in [3.8, 4) is 11.6 Å². The molecule has 2 amide bonds. The summed E-state index contributed by atoms with van der Waals surface area (Å²) < 4.78 is 5.92. The van der Waals surface area contributed by atoms with Gasteiger partial charge < -0.3 is 25.6 Å². The molecule has 188 valence electrons. The first-order valence-corrected chi connectivity index (χ1v) is 12.3. The molecule has 0 spiro atoms. The maximum Gasteiger partial charge on any atom is 0.255 e. The van der Waals surface area contributed by atoms with Gasteiger partial charge in [-0.2, -0.15) is 0 Å². The summed E-state index contributed by atoms with van der Waals surface area (Å²) in [6.07, 6.45) is 1.51. The lowest BCUT2D eigenvalue weighted by Crippen LogP contribution is -2.50. The van der Waals surface area contributed by atoms with Gasteiger partial charge in [0.1, 0.15) is 11.8 Å². The summed E-state index contributed by atoms with van der Waals surface area (Å²) in [6.45, 7) is 6.89. The molecule has 2 aromatic carbocycles. The smallest absolute Gasteiger partial charge is 0.255 e. The molecule has 1 unspecified atom stereocenters. The minimum Gasteiger partial charge on any atom is -0.439 e. The van der Waals surface area contributed by atoms with Gasteiger partial charge in [-0.25, -0.2) is 4.98 Å². The number of rotatable bonds is 7. The molecule has 0 saturated carbocycles. The number of benzene rings is 2. The Morgan fingerprint density at radius 3 is 2.44 bits per heavy atom. The summed E-state index contributed by atoms with van der Waals surface area (Å²) in [5.74, 6) is 0.785. The topological polar surface area (TPSA) is 95.6 Å². The number of hydrogen-bond acceptors (Lipinski definition) is 6. The monoisotopic (exact) mass is 527 g/mol. The molecule has 1 aliphatic rings. The third-order valence-corrected chi connectivity index (χ3v) is 6.49. The number of aromatic nitrogens is 1. The molecule has 1 aliphatic heterocycles. The van der Waals surface area contributed by atoms with Crippen molar-refractivity contribution in [1.29, 1.82) is 0 Å². The van der Waals surface area contributed by atoms with Crippen molar-refractivity contribution < 1.29 is 14.3 Å². The van der Waals surface area contributed by atoms with Crippen LogP contribution in [0, 0.1) is 6.92 Å². The molecular formula is C26H27Cl2N5O3. The van der Waals surface area contributed by atoms with E-state index in [1.807, 2.05) is 36.9 Å². The van der Waals surface area contributed by atoms with E-state index in [1.54, 1.807) is 24.3 Å². The first-order valence-electron chi connectivity index (χ1n) is 11.6. The van der Waals surface area contributed by atoms with Gasteiger partial charge in [-0.1, -0.05) is 23.2 Å². The maximum absolute atomic E-state index is 12.7. The summed E-state index contributed by atoms with van der Waals surface area (Å²) in [6, 6.07) is 13.4. The van der Waals surface area contributed by atoms with Crippen molar-refractivity contribution in [2.75, 3.05) is 36.8 Å². The van der Waals surface area contributed by atoms with Crippen molar-refractivity contribution >= 4 is 46.4 Å². The number of halogens is 2. The van der Waals surface area contributed by atoms with Crippen LogP contribution in [0.25, 0.3) is 0 Å². The summed E-state index contributed by atoms with van der Waals surface area (Å²) in [5.41, 5.74) is 2.63. The highest BCUT2D eigenvalue weighted by molar-refractivity contribution is 6.42. The zero-order valence-electron chi connectivity index (χ0n) is 20.0. The van der Waals surface area contributed by atoms with Crippen LogP contribution in [-0.2, 0) is 4.79 Å². The number of pyridine rings is 1. The zero-order chi connectivity index (χ0) is 25.7. The van der Waals surface area contributed by atoms with E-state index in [4.69, 9.17) is 27.9 Å². The highest BCUT2D eigenvalue weighted by atomic mass is 35.5. The number of amides is 2. The molecule has 8 nitrogen and oxygen atoms in total. The first-order chi connectivity index (χ1) is 17.3. The molecule has 1 atom stereocenters. The van der Waals surface area contributed by atoms with Gasteiger partial charge in [-0.15, -0.1) is 0 Å². The van der Waals surface area contributed by atoms with Gasteiger partial charge in [0, 0.05) is 43.5 Å². The molecule has 4 rings (SSSR count). The predicted molar refractivity (Wildman–Crippen MR) is 142 cm³/mol. The predicted octanol–water partition coefficient (Wildman–Crippen LogP) is 4.97. The third kappa shape index (κ3) is 6.46. The van der Waals surface area contributed by atoms with Crippen LogP contribution < -0.4 is 20.7 Å². The quantitative estimate of drug-likeness (QED) is 0.401. The van der Waals surface area contributed by atoms with Crippen molar-refractivity contribution in [3.63, 3.8) is 0 Å². The molecule has 0 aliphatic carbocycles. The second kappa shape index (κ2) is 11.6. The molecule has 3 aromatic rings. The number of anilines is 2. The molecule has 36 heavy (non-hydrogen) atoms. The number of nitrogens with zero attached hydrogens (tertiary/aromatic N) is 2. The van der Waals surface area contributed by atoms with Crippen LogP contribution in [0.5, 0.6) is 11.6 Å². The van der Waals surface area contributed by atoms with Gasteiger partial charge in [0.05, 0.1) is 21.9 Å². The van der Waals surface area contributed by atoms with Gasteiger partial charge in [-0.05, 0) is 61.9 Å². The van der Waals surface area contributed by atoms with Crippen LogP contribution in [-0.4, -0.2) is 53.9 Å². The SMILES string of the molecule is Cc1cc(NC(C)C(=O)N2CCNCC2)ccc1Oc1ccc(NC(=O)c2ccc(Cl)c(Cl)c2)cn1. The van der Waals surface area contributed by atoms with Gasteiger partial charge in [0.15, 0.2) is 0 Å². The molecule has 2 heterocycles. The number of carbonyl (C=O) groups is 2. The van der Waals surface area contributed by atoms with E-state index in [9.17, 15) is 9.59 Å².